The minimum Gasteiger partial charge on any atom is -0.358 e. The maximum absolute atomic E-state index is 10.9. The standard InChI is InChI=1S/C7H11N5O3/c1-8-5(13)3-9-6-7(12(14)15)10-4-11(6)2/h4,9H,3H2,1-2H3,(H,8,13). The lowest BCUT2D eigenvalue weighted by molar-refractivity contribution is -0.388. The van der Waals surface area contributed by atoms with Crippen LogP contribution in [0.3, 0.4) is 0 Å². The van der Waals surface area contributed by atoms with E-state index in [4.69, 9.17) is 0 Å². The Hall–Kier alpha value is -2.12. The first-order valence-electron chi connectivity index (χ1n) is 4.16. The molecule has 0 aromatic carbocycles. The van der Waals surface area contributed by atoms with Gasteiger partial charge >= 0.3 is 5.82 Å². The van der Waals surface area contributed by atoms with Gasteiger partial charge in [-0.25, -0.2) is 0 Å². The molecular formula is C7H11N5O3. The normalized spacial score (nSPS) is 9.73. The van der Waals surface area contributed by atoms with E-state index in [2.05, 4.69) is 15.6 Å². The Balaban J connectivity index is 2.79. The monoisotopic (exact) mass is 213 g/mol. The van der Waals surface area contributed by atoms with Crippen molar-refractivity contribution >= 4 is 17.5 Å². The van der Waals surface area contributed by atoms with Gasteiger partial charge in [-0.3, -0.25) is 9.36 Å². The summed E-state index contributed by atoms with van der Waals surface area (Å²) in [7, 11) is 3.09. The molecule has 0 saturated carbocycles. The number of likely N-dealkylation sites (N-methyl/N-ethyl adjacent to an activating group) is 1. The number of nitrogens with one attached hydrogen (secondary N) is 2. The molecule has 1 aromatic rings. The number of nitrogens with zero attached hydrogens (tertiary/aromatic N) is 3. The van der Waals surface area contributed by atoms with Crippen molar-refractivity contribution in [1.82, 2.24) is 14.9 Å². The third kappa shape index (κ3) is 2.42. The Labute approximate surface area is 85.4 Å². The topological polar surface area (TPSA) is 102 Å². The highest BCUT2D eigenvalue weighted by Crippen LogP contribution is 2.20. The molecule has 82 valence electrons. The zero-order valence-electron chi connectivity index (χ0n) is 8.35. The number of rotatable bonds is 4. The maximum Gasteiger partial charge on any atom is 0.406 e. The number of anilines is 1. The maximum atomic E-state index is 10.9. The van der Waals surface area contributed by atoms with Crippen LogP contribution in [-0.2, 0) is 11.8 Å². The lowest BCUT2D eigenvalue weighted by Crippen LogP contribution is -2.26. The van der Waals surface area contributed by atoms with Crippen molar-refractivity contribution in [3.63, 3.8) is 0 Å². The van der Waals surface area contributed by atoms with E-state index in [9.17, 15) is 14.9 Å². The van der Waals surface area contributed by atoms with Gasteiger partial charge in [0.25, 0.3) is 0 Å². The van der Waals surface area contributed by atoms with Crippen LogP contribution < -0.4 is 10.6 Å². The van der Waals surface area contributed by atoms with Gasteiger partial charge in [0.2, 0.25) is 18.1 Å². The Bertz CT molecular complexity index is 386. The van der Waals surface area contributed by atoms with E-state index in [1.54, 1.807) is 7.05 Å². The van der Waals surface area contributed by atoms with E-state index in [-0.39, 0.29) is 24.1 Å². The Morgan fingerprint density at radius 2 is 2.40 bits per heavy atom. The van der Waals surface area contributed by atoms with Gasteiger partial charge in [-0.05, 0) is 9.91 Å². The second-order valence-corrected chi connectivity index (χ2v) is 2.81. The molecule has 0 saturated heterocycles. The quantitative estimate of drug-likeness (QED) is 0.517. The SMILES string of the molecule is CNC(=O)CNc1c([N+](=O)[O-])ncn1C. The highest BCUT2D eigenvalue weighted by atomic mass is 16.6. The smallest absolute Gasteiger partial charge is 0.358 e. The number of aromatic nitrogens is 2. The van der Waals surface area contributed by atoms with E-state index in [1.165, 1.54) is 17.9 Å². The molecule has 1 amide bonds. The largest absolute Gasteiger partial charge is 0.406 e. The summed E-state index contributed by atoms with van der Waals surface area (Å²) in [6, 6.07) is 0. The van der Waals surface area contributed by atoms with E-state index in [0.29, 0.717) is 0 Å². The molecule has 1 rings (SSSR count). The molecule has 0 aliphatic carbocycles. The fourth-order valence-electron chi connectivity index (χ4n) is 1.01. The summed E-state index contributed by atoms with van der Waals surface area (Å²) in [6.45, 7) is -0.0309. The predicted molar refractivity (Wildman–Crippen MR) is 52.4 cm³/mol. The van der Waals surface area contributed by atoms with E-state index >= 15 is 0 Å². The third-order valence-electron chi connectivity index (χ3n) is 1.79. The Morgan fingerprint density at radius 1 is 1.73 bits per heavy atom. The summed E-state index contributed by atoms with van der Waals surface area (Å²) < 4.78 is 1.45. The predicted octanol–water partition coefficient (Wildman–Crippen LogP) is -0.514. The van der Waals surface area contributed by atoms with Crippen LogP contribution in [0.4, 0.5) is 11.6 Å². The molecule has 0 spiro atoms. The van der Waals surface area contributed by atoms with Gasteiger partial charge in [0.15, 0.2) is 0 Å². The Kier molecular flexibility index (Phi) is 3.21. The van der Waals surface area contributed by atoms with Crippen LogP contribution in [0.2, 0.25) is 0 Å². The lowest BCUT2D eigenvalue weighted by Gasteiger charge is -2.04. The van der Waals surface area contributed by atoms with Crippen molar-refractivity contribution in [2.45, 2.75) is 0 Å². The van der Waals surface area contributed by atoms with Gasteiger partial charge in [0, 0.05) is 14.1 Å². The molecular weight excluding hydrogens is 202 g/mol. The molecule has 15 heavy (non-hydrogen) atoms. The summed E-state index contributed by atoms with van der Waals surface area (Å²) in [5, 5.41) is 15.6. The first-order chi connectivity index (χ1) is 7.06. The molecule has 2 N–H and O–H groups in total. The minimum atomic E-state index is -0.605. The number of amides is 1. The average Bonchev–Trinajstić information content (AvgIpc) is 2.56. The first kappa shape index (κ1) is 11.0. The number of hydrogen-bond acceptors (Lipinski definition) is 5. The van der Waals surface area contributed by atoms with Gasteiger partial charge in [-0.2, -0.15) is 0 Å². The van der Waals surface area contributed by atoms with Gasteiger partial charge in [-0.15, -0.1) is 0 Å². The minimum absolute atomic E-state index is 0.0309. The number of nitro groups is 1. The number of imidazole rings is 1. The van der Waals surface area contributed by atoms with Crippen molar-refractivity contribution in [3.8, 4) is 0 Å². The highest BCUT2D eigenvalue weighted by Gasteiger charge is 2.19. The molecule has 0 fully saturated rings. The molecule has 8 nitrogen and oxygen atoms in total. The summed E-state index contributed by atoms with van der Waals surface area (Å²) in [5.74, 6) is -0.337. The van der Waals surface area contributed by atoms with Crippen molar-refractivity contribution in [3.05, 3.63) is 16.4 Å². The van der Waals surface area contributed by atoms with E-state index in [0.717, 1.165) is 0 Å². The van der Waals surface area contributed by atoms with Crippen LogP contribution in [0.1, 0.15) is 0 Å². The van der Waals surface area contributed by atoms with Crippen LogP contribution in [0.5, 0.6) is 0 Å². The number of hydrogen-bond donors (Lipinski definition) is 2. The molecule has 0 aliphatic rings. The van der Waals surface area contributed by atoms with Crippen LogP contribution in [0.25, 0.3) is 0 Å². The molecule has 0 bridgehead atoms. The molecule has 1 aromatic heterocycles. The fourth-order valence-corrected chi connectivity index (χ4v) is 1.01. The highest BCUT2D eigenvalue weighted by molar-refractivity contribution is 5.80. The van der Waals surface area contributed by atoms with Gasteiger partial charge in [0.1, 0.15) is 0 Å². The fraction of sp³-hybridized carbons (Fsp3) is 0.429. The van der Waals surface area contributed by atoms with Crippen LogP contribution in [0, 0.1) is 10.1 Å². The second-order valence-electron chi connectivity index (χ2n) is 2.81. The van der Waals surface area contributed by atoms with Gasteiger partial charge in [0.05, 0.1) is 6.54 Å². The van der Waals surface area contributed by atoms with Gasteiger partial charge < -0.3 is 20.7 Å². The second kappa shape index (κ2) is 4.40. The lowest BCUT2D eigenvalue weighted by atomic mass is 10.5. The first-order valence-corrected chi connectivity index (χ1v) is 4.16. The van der Waals surface area contributed by atoms with Crippen molar-refractivity contribution in [1.29, 1.82) is 0 Å². The zero-order chi connectivity index (χ0) is 11.4. The molecule has 1 heterocycles. The van der Waals surface area contributed by atoms with Gasteiger partial charge in [-0.1, -0.05) is 0 Å². The van der Waals surface area contributed by atoms with E-state index in [1.807, 2.05) is 0 Å². The van der Waals surface area contributed by atoms with Crippen LogP contribution >= 0.6 is 0 Å². The van der Waals surface area contributed by atoms with Crippen molar-refractivity contribution in [2.24, 2.45) is 7.05 Å². The number of carbonyl (C=O) groups excluding carboxylic acids is 1. The summed E-state index contributed by atoms with van der Waals surface area (Å²) in [5.41, 5.74) is 0. The molecule has 0 radical (unpaired) electrons. The molecule has 0 atom stereocenters. The third-order valence-corrected chi connectivity index (χ3v) is 1.79. The van der Waals surface area contributed by atoms with E-state index < -0.39 is 4.92 Å². The summed E-state index contributed by atoms with van der Waals surface area (Å²) >= 11 is 0. The van der Waals surface area contributed by atoms with Crippen LogP contribution in [-0.4, -0.2) is 34.0 Å². The molecule has 0 unspecified atom stereocenters. The summed E-state index contributed by atoms with van der Waals surface area (Å²) in [6.07, 6.45) is 1.31. The summed E-state index contributed by atoms with van der Waals surface area (Å²) in [4.78, 5) is 24.4. The average molecular weight is 213 g/mol. The van der Waals surface area contributed by atoms with Crippen molar-refractivity contribution in [2.75, 3.05) is 18.9 Å². The Morgan fingerprint density at radius 3 is 2.93 bits per heavy atom. The number of aryl methyl sites for hydroxylation is 1. The zero-order valence-corrected chi connectivity index (χ0v) is 8.35. The number of carbonyl (C=O) groups is 1. The van der Waals surface area contributed by atoms with Crippen molar-refractivity contribution < 1.29 is 9.72 Å². The van der Waals surface area contributed by atoms with Crippen LogP contribution in [0.15, 0.2) is 6.33 Å². The molecule has 8 heteroatoms. The molecule has 0 aliphatic heterocycles.